The van der Waals surface area contributed by atoms with Gasteiger partial charge in [0.05, 0.1) is 30.7 Å². The maximum atomic E-state index is 12.6. The molecule has 3 N–H and O–H groups in total. The number of hydrogen-bond donors (Lipinski definition) is 3. The average Bonchev–Trinajstić information content (AvgIpc) is 2.79. The number of aliphatic hydroxyl groups excluding tert-OH is 1. The second-order valence-corrected chi connectivity index (χ2v) is 7.63. The molecule has 1 aromatic heterocycles. The van der Waals surface area contributed by atoms with Crippen LogP contribution in [0.15, 0.2) is 42.6 Å². The standard InChI is InChI=1S/C22H29N5O3/c28-18-7-10-26(11-8-18)20-6-2-1-5-19(20)25-22(29)24-16-17-4-3-9-23-21(17)27-12-14-30-15-13-27/h1-6,9,18,28H,7-8,10-16H2,(H2,24,25,29). The van der Waals surface area contributed by atoms with Crippen molar-refractivity contribution in [1.29, 1.82) is 0 Å². The number of rotatable bonds is 5. The van der Waals surface area contributed by atoms with Gasteiger partial charge in [-0.05, 0) is 31.0 Å². The number of urea groups is 1. The SMILES string of the molecule is O=C(NCc1cccnc1N1CCOCC1)Nc1ccccc1N1CCC(O)CC1. The van der Waals surface area contributed by atoms with E-state index in [4.69, 9.17) is 4.74 Å². The average molecular weight is 412 g/mol. The van der Waals surface area contributed by atoms with Gasteiger partial charge in [0.15, 0.2) is 0 Å². The third kappa shape index (κ3) is 5.01. The molecule has 0 bridgehead atoms. The predicted octanol–water partition coefficient (Wildman–Crippen LogP) is 2.20. The highest BCUT2D eigenvalue weighted by molar-refractivity contribution is 5.93. The van der Waals surface area contributed by atoms with Gasteiger partial charge in [0.2, 0.25) is 0 Å². The Kier molecular flexibility index (Phi) is 6.66. The minimum Gasteiger partial charge on any atom is -0.393 e. The molecular weight excluding hydrogens is 382 g/mol. The summed E-state index contributed by atoms with van der Waals surface area (Å²) in [5, 5.41) is 15.7. The highest BCUT2D eigenvalue weighted by Gasteiger charge is 2.20. The Balaban J connectivity index is 1.38. The Morgan fingerprint density at radius 3 is 2.63 bits per heavy atom. The summed E-state index contributed by atoms with van der Waals surface area (Å²) in [6.45, 7) is 4.93. The maximum absolute atomic E-state index is 12.6. The second kappa shape index (κ2) is 9.77. The summed E-state index contributed by atoms with van der Waals surface area (Å²) in [4.78, 5) is 21.5. The lowest BCUT2D eigenvalue weighted by molar-refractivity contribution is 0.122. The van der Waals surface area contributed by atoms with Crippen molar-refractivity contribution in [3.63, 3.8) is 0 Å². The Hall–Kier alpha value is -2.84. The van der Waals surface area contributed by atoms with Crippen LogP contribution in [-0.2, 0) is 11.3 Å². The zero-order valence-electron chi connectivity index (χ0n) is 17.1. The minimum absolute atomic E-state index is 0.232. The molecule has 8 nitrogen and oxygen atoms in total. The van der Waals surface area contributed by atoms with E-state index < -0.39 is 0 Å². The molecule has 160 valence electrons. The van der Waals surface area contributed by atoms with Gasteiger partial charge < -0.3 is 30.3 Å². The van der Waals surface area contributed by atoms with Crippen LogP contribution in [0, 0.1) is 0 Å². The van der Waals surface area contributed by atoms with Crippen LogP contribution >= 0.6 is 0 Å². The first-order valence-electron chi connectivity index (χ1n) is 10.5. The van der Waals surface area contributed by atoms with Crippen molar-refractivity contribution < 1.29 is 14.6 Å². The second-order valence-electron chi connectivity index (χ2n) is 7.63. The van der Waals surface area contributed by atoms with Crippen LogP contribution in [0.4, 0.5) is 22.0 Å². The summed E-state index contributed by atoms with van der Waals surface area (Å²) < 4.78 is 5.43. The Morgan fingerprint density at radius 1 is 1.07 bits per heavy atom. The van der Waals surface area contributed by atoms with Gasteiger partial charge in [0.25, 0.3) is 0 Å². The fourth-order valence-corrected chi connectivity index (χ4v) is 3.93. The first-order chi connectivity index (χ1) is 14.7. The molecule has 2 amide bonds. The number of nitrogens with zero attached hydrogens (tertiary/aromatic N) is 3. The normalized spacial score (nSPS) is 17.6. The van der Waals surface area contributed by atoms with Crippen molar-refractivity contribution in [3.8, 4) is 0 Å². The monoisotopic (exact) mass is 411 g/mol. The molecule has 2 aliphatic rings. The van der Waals surface area contributed by atoms with Crippen LogP contribution in [0.25, 0.3) is 0 Å². The number of nitrogens with one attached hydrogen (secondary N) is 2. The van der Waals surface area contributed by atoms with Gasteiger partial charge in [0, 0.05) is 44.5 Å². The van der Waals surface area contributed by atoms with Crippen molar-refractivity contribution in [1.82, 2.24) is 10.3 Å². The van der Waals surface area contributed by atoms with Crippen LogP contribution in [0.3, 0.4) is 0 Å². The molecule has 8 heteroatoms. The fourth-order valence-electron chi connectivity index (χ4n) is 3.93. The van der Waals surface area contributed by atoms with E-state index in [9.17, 15) is 9.90 Å². The van der Waals surface area contributed by atoms with E-state index in [0.29, 0.717) is 19.8 Å². The number of carbonyl (C=O) groups excluding carboxylic acids is 1. The van der Waals surface area contributed by atoms with Crippen LogP contribution in [0.2, 0.25) is 0 Å². The molecule has 30 heavy (non-hydrogen) atoms. The molecule has 2 fully saturated rings. The number of aliphatic hydroxyl groups is 1. The summed E-state index contributed by atoms with van der Waals surface area (Å²) in [6.07, 6.45) is 3.03. The number of amides is 2. The number of para-hydroxylation sites is 2. The molecule has 0 atom stereocenters. The summed E-state index contributed by atoms with van der Waals surface area (Å²) in [5.41, 5.74) is 2.73. The van der Waals surface area contributed by atoms with E-state index in [-0.39, 0.29) is 12.1 Å². The number of aromatic nitrogens is 1. The number of benzene rings is 1. The number of hydrogen-bond acceptors (Lipinski definition) is 6. The van der Waals surface area contributed by atoms with E-state index in [1.54, 1.807) is 6.20 Å². The number of anilines is 3. The fraction of sp³-hybridized carbons (Fsp3) is 0.455. The highest BCUT2D eigenvalue weighted by atomic mass is 16.5. The quantitative estimate of drug-likeness (QED) is 0.699. The first kappa shape index (κ1) is 20.4. The molecule has 0 unspecified atom stereocenters. The largest absolute Gasteiger partial charge is 0.393 e. The predicted molar refractivity (Wildman–Crippen MR) is 117 cm³/mol. The molecule has 4 rings (SSSR count). The van der Waals surface area contributed by atoms with E-state index in [2.05, 4.69) is 25.4 Å². The van der Waals surface area contributed by atoms with Gasteiger partial charge in [-0.1, -0.05) is 18.2 Å². The Morgan fingerprint density at radius 2 is 1.83 bits per heavy atom. The third-order valence-electron chi connectivity index (χ3n) is 5.57. The van der Waals surface area contributed by atoms with Gasteiger partial charge in [0.1, 0.15) is 5.82 Å². The summed E-state index contributed by atoms with van der Waals surface area (Å²) in [5.74, 6) is 0.897. The van der Waals surface area contributed by atoms with Crippen molar-refractivity contribution in [2.45, 2.75) is 25.5 Å². The molecule has 0 aliphatic carbocycles. The Labute approximate surface area is 176 Å². The van der Waals surface area contributed by atoms with E-state index >= 15 is 0 Å². The topological polar surface area (TPSA) is 90.0 Å². The van der Waals surface area contributed by atoms with E-state index in [0.717, 1.165) is 61.8 Å². The van der Waals surface area contributed by atoms with Crippen LogP contribution in [0.5, 0.6) is 0 Å². The number of pyridine rings is 1. The molecule has 2 aromatic rings. The van der Waals surface area contributed by atoms with Crippen LogP contribution in [-0.4, -0.2) is 61.6 Å². The number of carbonyl (C=O) groups is 1. The van der Waals surface area contributed by atoms with Crippen molar-refractivity contribution >= 4 is 23.2 Å². The van der Waals surface area contributed by atoms with Gasteiger partial charge in [-0.3, -0.25) is 0 Å². The zero-order chi connectivity index (χ0) is 20.8. The van der Waals surface area contributed by atoms with Gasteiger partial charge in [-0.2, -0.15) is 0 Å². The lowest BCUT2D eigenvalue weighted by Crippen LogP contribution is -2.38. The van der Waals surface area contributed by atoms with Gasteiger partial charge in [-0.25, -0.2) is 9.78 Å². The summed E-state index contributed by atoms with van der Waals surface area (Å²) >= 11 is 0. The smallest absolute Gasteiger partial charge is 0.319 e. The summed E-state index contributed by atoms with van der Waals surface area (Å²) in [6, 6.07) is 11.4. The van der Waals surface area contributed by atoms with Crippen LogP contribution in [0.1, 0.15) is 18.4 Å². The molecule has 1 aromatic carbocycles. The van der Waals surface area contributed by atoms with Crippen molar-refractivity contribution in [2.24, 2.45) is 0 Å². The molecule has 2 aliphatic heterocycles. The Bertz CT molecular complexity index is 848. The van der Waals surface area contributed by atoms with Crippen molar-refractivity contribution in [3.05, 3.63) is 48.2 Å². The lowest BCUT2D eigenvalue weighted by atomic mass is 10.1. The number of ether oxygens (including phenoxy) is 1. The minimum atomic E-state index is -0.253. The summed E-state index contributed by atoms with van der Waals surface area (Å²) in [7, 11) is 0. The molecule has 0 radical (unpaired) electrons. The molecule has 2 saturated heterocycles. The number of piperidine rings is 1. The zero-order valence-corrected chi connectivity index (χ0v) is 17.1. The lowest BCUT2D eigenvalue weighted by Gasteiger charge is -2.32. The number of morpholine rings is 1. The molecule has 0 saturated carbocycles. The first-order valence-corrected chi connectivity index (χ1v) is 10.5. The highest BCUT2D eigenvalue weighted by Crippen LogP contribution is 2.28. The van der Waals surface area contributed by atoms with Gasteiger partial charge in [-0.15, -0.1) is 0 Å². The third-order valence-corrected chi connectivity index (χ3v) is 5.57. The van der Waals surface area contributed by atoms with Gasteiger partial charge >= 0.3 is 6.03 Å². The van der Waals surface area contributed by atoms with E-state index in [1.165, 1.54) is 0 Å². The maximum Gasteiger partial charge on any atom is 0.319 e. The molecule has 0 spiro atoms. The van der Waals surface area contributed by atoms with Crippen LogP contribution < -0.4 is 20.4 Å². The van der Waals surface area contributed by atoms with E-state index in [1.807, 2.05) is 36.4 Å². The van der Waals surface area contributed by atoms with Crippen molar-refractivity contribution in [2.75, 3.05) is 54.5 Å². The molecule has 3 heterocycles. The molecular formula is C22H29N5O3.